The zero-order valence-electron chi connectivity index (χ0n) is 11.6. The van der Waals surface area contributed by atoms with E-state index in [9.17, 15) is 0 Å². The standard InChI is InChI=1S/C14H16Cl2N4O/c1-20-5-4-17-8-12(20)14-18-13(21-19-14)7-9-2-3-10(15)11(16)6-9/h2-3,6,12,17H,4-5,7-8H2,1H3. The second-order valence-corrected chi connectivity index (χ2v) is 5.99. The Morgan fingerprint density at radius 3 is 3.00 bits per heavy atom. The second kappa shape index (κ2) is 6.32. The fraction of sp³-hybridized carbons (Fsp3) is 0.429. The predicted octanol–water partition coefficient (Wildman–Crippen LogP) is 2.54. The minimum atomic E-state index is 0.157. The maximum atomic E-state index is 6.01. The molecule has 112 valence electrons. The van der Waals surface area contributed by atoms with Crippen molar-refractivity contribution in [1.82, 2.24) is 20.4 Å². The second-order valence-electron chi connectivity index (χ2n) is 5.17. The molecule has 0 aliphatic carbocycles. The molecule has 1 aliphatic heterocycles. The molecule has 0 spiro atoms. The summed E-state index contributed by atoms with van der Waals surface area (Å²) in [6.45, 7) is 2.80. The van der Waals surface area contributed by atoms with E-state index >= 15 is 0 Å². The number of piperazine rings is 1. The molecule has 0 radical (unpaired) electrons. The Hall–Kier alpha value is -1.14. The van der Waals surface area contributed by atoms with Crippen LogP contribution in [0.25, 0.3) is 0 Å². The van der Waals surface area contributed by atoms with Gasteiger partial charge in [0.25, 0.3) is 0 Å². The van der Waals surface area contributed by atoms with E-state index in [1.165, 1.54) is 0 Å². The van der Waals surface area contributed by atoms with Gasteiger partial charge in [0.2, 0.25) is 5.89 Å². The summed E-state index contributed by atoms with van der Waals surface area (Å²) in [6, 6.07) is 5.66. The zero-order chi connectivity index (χ0) is 14.8. The number of halogens is 2. The summed E-state index contributed by atoms with van der Waals surface area (Å²) >= 11 is 11.9. The maximum Gasteiger partial charge on any atom is 0.231 e. The molecule has 0 bridgehead atoms. The lowest BCUT2D eigenvalue weighted by Crippen LogP contribution is -2.44. The largest absolute Gasteiger partial charge is 0.339 e. The van der Waals surface area contributed by atoms with Crippen molar-refractivity contribution in [2.24, 2.45) is 0 Å². The minimum Gasteiger partial charge on any atom is -0.339 e. The third-order valence-electron chi connectivity index (χ3n) is 3.63. The molecular formula is C14H16Cl2N4O. The van der Waals surface area contributed by atoms with E-state index < -0.39 is 0 Å². The summed E-state index contributed by atoms with van der Waals surface area (Å²) in [4.78, 5) is 6.72. The molecule has 1 fully saturated rings. The molecule has 1 unspecified atom stereocenters. The average Bonchev–Trinajstić information content (AvgIpc) is 2.92. The van der Waals surface area contributed by atoms with Crippen LogP contribution in [0, 0.1) is 0 Å². The molecule has 1 atom stereocenters. The molecule has 21 heavy (non-hydrogen) atoms. The van der Waals surface area contributed by atoms with Gasteiger partial charge in [-0.05, 0) is 24.7 Å². The van der Waals surface area contributed by atoms with Crippen molar-refractivity contribution in [3.05, 3.63) is 45.5 Å². The molecule has 2 aromatic rings. The van der Waals surface area contributed by atoms with Crippen LogP contribution in [0.1, 0.15) is 23.3 Å². The number of benzene rings is 1. The number of hydrogen-bond donors (Lipinski definition) is 1. The lowest BCUT2D eigenvalue weighted by molar-refractivity contribution is 0.190. The highest BCUT2D eigenvalue weighted by Crippen LogP contribution is 2.24. The van der Waals surface area contributed by atoms with E-state index in [0.717, 1.165) is 31.0 Å². The Balaban J connectivity index is 1.74. The molecule has 1 N–H and O–H groups in total. The fourth-order valence-corrected chi connectivity index (χ4v) is 2.71. The van der Waals surface area contributed by atoms with Gasteiger partial charge < -0.3 is 9.84 Å². The molecule has 2 heterocycles. The van der Waals surface area contributed by atoms with Crippen molar-refractivity contribution in [2.75, 3.05) is 26.7 Å². The van der Waals surface area contributed by atoms with E-state index in [-0.39, 0.29) is 6.04 Å². The van der Waals surface area contributed by atoms with Crippen LogP contribution in [-0.2, 0) is 6.42 Å². The van der Waals surface area contributed by atoms with E-state index in [4.69, 9.17) is 27.7 Å². The number of aromatic nitrogens is 2. The van der Waals surface area contributed by atoms with Crippen molar-refractivity contribution in [3.63, 3.8) is 0 Å². The monoisotopic (exact) mass is 326 g/mol. The first-order chi connectivity index (χ1) is 10.1. The molecule has 1 aliphatic rings. The molecule has 5 nitrogen and oxygen atoms in total. The SMILES string of the molecule is CN1CCNCC1c1noc(Cc2ccc(Cl)c(Cl)c2)n1. The van der Waals surface area contributed by atoms with E-state index in [2.05, 4.69) is 27.4 Å². The Bertz CT molecular complexity index is 631. The van der Waals surface area contributed by atoms with Crippen LogP contribution in [-0.4, -0.2) is 41.7 Å². The van der Waals surface area contributed by atoms with Crippen LogP contribution in [0.5, 0.6) is 0 Å². The van der Waals surface area contributed by atoms with Gasteiger partial charge in [0.1, 0.15) is 0 Å². The van der Waals surface area contributed by atoms with Gasteiger partial charge in [0.05, 0.1) is 22.5 Å². The van der Waals surface area contributed by atoms with Crippen molar-refractivity contribution >= 4 is 23.2 Å². The lowest BCUT2D eigenvalue weighted by atomic mass is 10.1. The summed E-state index contributed by atoms with van der Waals surface area (Å²) in [6.07, 6.45) is 0.549. The number of hydrogen-bond acceptors (Lipinski definition) is 5. The van der Waals surface area contributed by atoms with Crippen LogP contribution in [0.3, 0.4) is 0 Å². The third kappa shape index (κ3) is 3.37. The Labute approximate surface area is 133 Å². The van der Waals surface area contributed by atoms with Crippen LogP contribution in [0.2, 0.25) is 10.0 Å². The lowest BCUT2D eigenvalue weighted by Gasteiger charge is -2.30. The van der Waals surface area contributed by atoms with Crippen LogP contribution >= 0.6 is 23.2 Å². The molecule has 0 saturated carbocycles. The van der Waals surface area contributed by atoms with Crippen molar-refractivity contribution in [2.45, 2.75) is 12.5 Å². The zero-order valence-corrected chi connectivity index (χ0v) is 13.2. The third-order valence-corrected chi connectivity index (χ3v) is 4.37. The molecule has 1 aromatic carbocycles. The Kier molecular flexibility index (Phi) is 4.45. The smallest absolute Gasteiger partial charge is 0.231 e. The fourth-order valence-electron chi connectivity index (χ4n) is 2.39. The highest BCUT2D eigenvalue weighted by atomic mass is 35.5. The van der Waals surface area contributed by atoms with E-state index in [1.807, 2.05) is 12.1 Å². The van der Waals surface area contributed by atoms with E-state index in [1.54, 1.807) is 6.07 Å². The van der Waals surface area contributed by atoms with Crippen molar-refractivity contribution in [3.8, 4) is 0 Å². The molecule has 0 amide bonds. The number of nitrogens with one attached hydrogen (secondary N) is 1. The first kappa shape index (κ1) is 14.8. The first-order valence-electron chi connectivity index (χ1n) is 6.81. The molecule has 1 saturated heterocycles. The summed E-state index contributed by atoms with van der Waals surface area (Å²) in [5, 5.41) is 8.52. The number of rotatable bonds is 3. The summed E-state index contributed by atoms with van der Waals surface area (Å²) in [5.74, 6) is 1.31. The van der Waals surface area contributed by atoms with Gasteiger partial charge in [-0.1, -0.05) is 34.4 Å². The van der Waals surface area contributed by atoms with Gasteiger partial charge in [0, 0.05) is 19.6 Å². The van der Waals surface area contributed by atoms with Gasteiger partial charge >= 0.3 is 0 Å². The highest BCUT2D eigenvalue weighted by Gasteiger charge is 2.25. The van der Waals surface area contributed by atoms with Crippen molar-refractivity contribution in [1.29, 1.82) is 0 Å². The van der Waals surface area contributed by atoms with Gasteiger partial charge in [-0.3, -0.25) is 4.90 Å². The number of likely N-dealkylation sites (N-methyl/N-ethyl adjacent to an activating group) is 1. The number of nitrogens with zero attached hydrogens (tertiary/aromatic N) is 3. The van der Waals surface area contributed by atoms with Gasteiger partial charge in [-0.2, -0.15) is 4.98 Å². The molecule has 3 rings (SSSR count). The topological polar surface area (TPSA) is 54.2 Å². The maximum absolute atomic E-state index is 6.01. The van der Waals surface area contributed by atoms with Gasteiger partial charge in [-0.15, -0.1) is 0 Å². The highest BCUT2D eigenvalue weighted by molar-refractivity contribution is 6.42. The van der Waals surface area contributed by atoms with Gasteiger partial charge in [0.15, 0.2) is 5.82 Å². The quantitative estimate of drug-likeness (QED) is 0.939. The Morgan fingerprint density at radius 2 is 2.24 bits per heavy atom. The molecular weight excluding hydrogens is 311 g/mol. The molecule has 1 aromatic heterocycles. The summed E-state index contributed by atoms with van der Waals surface area (Å²) in [5.41, 5.74) is 0.995. The minimum absolute atomic E-state index is 0.157. The van der Waals surface area contributed by atoms with Crippen LogP contribution in [0.15, 0.2) is 22.7 Å². The molecule has 7 heteroatoms. The van der Waals surface area contributed by atoms with E-state index in [0.29, 0.717) is 22.4 Å². The van der Waals surface area contributed by atoms with Crippen LogP contribution < -0.4 is 5.32 Å². The normalized spacial score (nSPS) is 19.9. The van der Waals surface area contributed by atoms with Crippen LogP contribution in [0.4, 0.5) is 0 Å². The Morgan fingerprint density at radius 1 is 1.38 bits per heavy atom. The first-order valence-corrected chi connectivity index (χ1v) is 7.56. The van der Waals surface area contributed by atoms with Gasteiger partial charge in [-0.25, -0.2) is 0 Å². The average molecular weight is 327 g/mol. The summed E-state index contributed by atoms with van der Waals surface area (Å²) < 4.78 is 5.35. The predicted molar refractivity (Wildman–Crippen MR) is 81.8 cm³/mol. The summed E-state index contributed by atoms with van der Waals surface area (Å²) in [7, 11) is 2.07. The van der Waals surface area contributed by atoms with Crippen molar-refractivity contribution < 1.29 is 4.52 Å².